The molecule has 0 saturated carbocycles. The van der Waals surface area contributed by atoms with Crippen molar-refractivity contribution in [2.75, 3.05) is 0 Å². The van der Waals surface area contributed by atoms with Gasteiger partial charge in [0.2, 0.25) is 0 Å². The van der Waals surface area contributed by atoms with E-state index in [1.807, 2.05) is 0 Å². The molecular formula is C14H24N+. The summed E-state index contributed by atoms with van der Waals surface area (Å²) in [6.07, 6.45) is 12.5. The maximum atomic E-state index is 2.31. The molecule has 0 spiro atoms. The van der Waals surface area contributed by atoms with Crippen LogP contribution in [0.15, 0.2) is 30.6 Å². The molecule has 0 radical (unpaired) electrons. The summed E-state index contributed by atoms with van der Waals surface area (Å²) < 4.78 is 2.31. The largest absolute Gasteiger partial charge is 0.203 e. The minimum absolute atomic E-state index is 0.646. The molecule has 0 aromatic carbocycles. The van der Waals surface area contributed by atoms with Gasteiger partial charge in [-0.1, -0.05) is 38.7 Å². The zero-order valence-electron chi connectivity index (χ0n) is 10.2. The molecule has 0 aliphatic heterocycles. The van der Waals surface area contributed by atoms with E-state index in [-0.39, 0.29) is 0 Å². The molecule has 1 nitrogen and oxygen atoms in total. The third-order valence-corrected chi connectivity index (χ3v) is 2.97. The lowest BCUT2D eigenvalue weighted by atomic mass is 10.1. The summed E-state index contributed by atoms with van der Waals surface area (Å²) in [7, 11) is 0. The minimum Gasteiger partial charge on any atom is -0.203 e. The lowest BCUT2D eigenvalue weighted by Crippen LogP contribution is -2.36. The maximum Gasteiger partial charge on any atom is 0.169 e. The predicted molar refractivity (Wildman–Crippen MR) is 64.7 cm³/mol. The van der Waals surface area contributed by atoms with Crippen molar-refractivity contribution in [2.24, 2.45) is 0 Å². The normalized spacial score (nSPS) is 12.7. The Morgan fingerprint density at radius 1 is 0.933 bits per heavy atom. The van der Waals surface area contributed by atoms with Crippen LogP contribution in [0.2, 0.25) is 0 Å². The number of hydrogen-bond donors (Lipinski definition) is 0. The number of nitrogens with zero attached hydrogens (tertiary/aromatic N) is 1. The van der Waals surface area contributed by atoms with Crippen LogP contribution >= 0.6 is 0 Å². The van der Waals surface area contributed by atoms with E-state index >= 15 is 0 Å². The third kappa shape index (κ3) is 4.96. The van der Waals surface area contributed by atoms with E-state index in [2.05, 4.69) is 49.0 Å². The summed E-state index contributed by atoms with van der Waals surface area (Å²) in [5.74, 6) is 0. The second kappa shape index (κ2) is 7.44. The second-order valence-electron chi connectivity index (χ2n) is 4.37. The van der Waals surface area contributed by atoms with Crippen molar-refractivity contribution in [2.45, 2.75) is 58.4 Å². The van der Waals surface area contributed by atoms with Crippen LogP contribution in [0.3, 0.4) is 0 Å². The van der Waals surface area contributed by atoms with Crippen molar-refractivity contribution in [3.63, 3.8) is 0 Å². The summed E-state index contributed by atoms with van der Waals surface area (Å²) in [6.45, 7) is 4.57. The van der Waals surface area contributed by atoms with Gasteiger partial charge in [0.1, 0.15) is 0 Å². The molecular weight excluding hydrogens is 182 g/mol. The number of aromatic nitrogens is 1. The zero-order valence-corrected chi connectivity index (χ0v) is 10.2. The van der Waals surface area contributed by atoms with Gasteiger partial charge in [-0.05, 0) is 13.3 Å². The maximum absolute atomic E-state index is 2.31. The quantitative estimate of drug-likeness (QED) is 0.470. The topological polar surface area (TPSA) is 3.88 Å². The van der Waals surface area contributed by atoms with Crippen LogP contribution in [0.5, 0.6) is 0 Å². The highest BCUT2D eigenvalue weighted by molar-refractivity contribution is 4.83. The molecule has 15 heavy (non-hydrogen) atoms. The van der Waals surface area contributed by atoms with E-state index in [1.54, 1.807) is 0 Å². The Morgan fingerprint density at radius 2 is 1.60 bits per heavy atom. The van der Waals surface area contributed by atoms with Crippen molar-refractivity contribution in [3.8, 4) is 0 Å². The van der Waals surface area contributed by atoms with E-state index in [0.717, 1.165) is 0 Å². The molecule has 1 heteroatoms. The highest BCUT2D eigenvalue weighted by Gasteiger charge is 2.09. The number of rotatable bonds is 7. The first-order chi connectivity index (χ1) is 7.34. The van der Waals surface area contributed by atoms with E-state index < -0.39 is 0 Å². The highest BCUT2D eigenvalue weighted by atomic mass is 15.0. The molecule has 0 aliphatic rings. The molecule has 1 atom stereocenters. The Balaban J connectivity index is 2.16. The Labute approximate surface area is 94.1 Å². The van der Waals surface area contributed by atoms with Crippen LogP contribution in [0.25, 0.3) is 0 Å². The fraction of sp³-hybridized carbons (Fsp3) is 0.643. The highest BCUT2D eigenvalue weighted by Crippen LogP contribution is 2.10. The summed E-state index contributed by atoms with van der Waals surface area (Å²) in [5.41, 5.74) is 0. The third-order valence-electron chi connectivity index (χ3n) is 2.97. The molecule has 1 aromatic heterocycles. The second-order valence-corrected chi connectivity index (χ2v) is 4.37. The summed E-state index contributed by atoms with van der Waals surface area (Å²) in [6, 6.07) is 6.93. The SMILES string of the molecule is CCCCCCCC(C)[n+]1ccccc1. The fourth-order valence-electron chi connectivity index (χ4n) is 1.90. The predicted octanol–water partition coefficient (Wildman–Crippen LogP) is 3.90. The van der Waals surface area contributed by atoms with Gasteiger partial charge in [0, 0.05) is 18.6 Å². The fourth-order valence-corrected chi connectivity index (χ4v) is 1.90. The molecule has 1 unspecified atom stereocenters. The smallest absolute Gasteiger partial charge is 0.169 e. The van der Waals surface area contributed by atoms with Gasteiger partial charge in [0.05, 0.1) is 0 Å². The van der Waals surface area contributed by atoms with Crippen molar-refractivity contribution >= 4 is 0 Å². The average Bonchev–Trinajstić information content (AvgIpc) is 2.30. The Bertz CT molecular complexity index is 243. The first kappa shape index (κ1) is 12.2. The zero-order chi connectivity index (χ0) is 10.9. The van der Waals surface area contributed by atoms with Crippen molar-refractivity contribution in [1.82, 2.24) is 0 Å². The summed E-state index contributed by atoms with van der Waals surface area (Å²) in [5, 5.41) is 0. The van der Waals surface area contributed by atoms with Gasteiger partial charge in [-0.25, -0.2) is 4.57 Å². The molecule has 84 valence electrons. The lowest BCUT2D eigenvalue weighted by Gasteiger charge is -2.06. The molecule has 0 amide bonds. The van der Waals surface area contributed by atoms with E-state index in [4.69, 9.17) is 0 Å². The number of hydrogen-bond acceptors (Lipinski definition) is 0. The molecule has 0 bridgehead atoms. The van der Waals surface area contributed by atoms with Crippen molar-refractivity contribution < 1.29 is 4.57 Å². The molecule has 0 fully saturated rings. The van der Waals surface area contributed by atoms with Crippen LogP contribution in [0.4, 0.5) is 0 Å². The summed E-state index contributed by atoms with van der Waals surface area (Å²) >= 11 is 0. The summed E-state index contributed by atoms with van der Waals surface area (Å²) in [4.78, 5) is 0. The van der Waals surface area contributed by atoms with E-state index in [9.17, 15) is 0 Å². The number of unbranched alkanes of at least 4 members (excludes halogenated alkanes) is 4. The van der Waals surface area contributed by atoms with Crippen molar-refractivity contribution in [3.05, 3.63) is 30.6 Å². The minimum atomic E-state index is 0.646. The molecule has 1 heterocycles. The van der Waals surface area contributed by atoms with Crippen LogP contribution in [-0.2, 0) is 0 Å². The lowest BCUT2D eigenvalue weighted by molar-refractivity contribution is -0.720. The van der Waals surface area contributed by atoms with Gasteiger partial charge in [0.15, 0.2) is 18.4 Å². The molecule has 1 aromatic rings. The van der Waals surface area contributed by atoms with Crippen LogP contribution in [0, 0.1) is 0 Å². The van der Waals surface area contributed by atoms with Crippen LogP contribution in [-0.4, -0.2) is 0 Å². The van der Waals surface area contributed by atoms with Gasteiger partial charge < -0.3 is 0 Å². The van der Waals surface area contributed by atoms with Crippen LogP contribution in [0.1, 0.15) is 58.4 Å². The monoisotopic (exact) mass is 206 g/mol. The van der Waals surface area contributed by atoms with Gasteiger partial charge in [-0.15, -0.1) is 0 Å². The van der Waals surface area contributed by atoms with Crippen LogP contribution < -0.4 is 4.57 Å². The molecule has 0 saturated heterocycles. The Hall–Kier alpha value is -0.850. The van der Waals surface area contributed by atoms with Gasteiger partial charge in [-0.3, -0.25) is 0 Å². The first-order valence-corrected chi connectivity index (χ1v) is 6.30. The number of pyridine rings is 1. The van der Waals surface area contributed by atoms with Gasteiger partial charge in [0.25, 0.3) is 0 Å². The van der Waals surface area contributed by atoms with E-state index in [0.29, 0.717) is 6.04 Å². The molecule has 0 aliphatic carbocycles. The van der Waals surface area contributed by atoms with Gasteiger partial charge >= 0.3 is 0 Å². The van der Waals surface area contributed by atoms with E-state index in [1.165, 1.54) is 38.5 Å². The Morgan fingerprint density at radius 3 is 2.27 bits per heavy atom. The average molecular weight is 206 g/mol. The van der Waals surface area contributed by atoms with Gasteiger partial charge in [-0.2, -0.15) is 0 Å². The molecule has 0 N–H and O–H groups in total. The first-order valence-electron chi connectivity index (χ1n) is 6.30. The van der Waals surface area contributed by atoms with Crippen molar-refractivity contribution in [1.29, 1.82) is 0 Å². The standard InChI is InChI=1S/C14H24N/c1-3-4-5-6-8-11-14(2)15-12-9-7-10-13-15/h7,9-10,12-14H,3-6,8,11H2,1-2H3/q+1. The Kier molecular flexibility index (Phi) is 6.06. The molecule has 1 rings (SSSR count).